The van der Waals surface area contributed by atoms with Gasteiger partial charge in [0.2, 0.25) is 9.57 Å². The average Bonchev–Trinajstić information content (AvgIpc) is 2.10. The molecule has 0 aliphatic carbocycles. The summed E-state index contributed by atoms with van der Waals surface area (Å²) in [6, 6.07) is -1.31. The van der Waals surface area contributed by atoms with E-state index in [4.69, 9.17) is 28.3 Å². The van der Waals surface area contributed by atoms with Gasteiger partial charge in [-0.05, 0) is 0 Å². The standard InChI is InChI=1S/C7H9Cl2F2NO3S/c1-3(13)12-4(5(14)15)2-16-7(8,9)6(10)11/h4,6H,2H2,1H3,(H,12,13)(H,14,15)/t4-/m0/s1. The third-order valence-electron chi connectivity index (χ3n) is 1.37. The Morgan fingerprint density at radius 3 is 2.31 bits per heavy atom. The summed E-state index contributed by atoms with van der Waals surface area (Å²) in [5, 5.41) is 10.7. The molecule has 0 aromatic heterocycles. The lowest BCUT2D eigenvalue weighted by Crippen LogP contribution is -2.42. The number of amides is 1. The molecule has 0 heterocycles. The first-order valence-corrected chi connectivity index (χ1v) is 5.70. The van der Waals surface area contributed by atoms with Crippen molar-refractivity contribution in [3.05, 3.63) is 0 Å². The maximum Gasteiger partial charge on any atom is 0.327 e. The van der Waals surface area contributed by atoms with Gasteiger partial charge in [-0.1, -0.05) is 23.2 Å². The zero-order chi connectivity index (χ0) is 12.9. The number of halogens is 4. The Balaban J connectivity index is 4.33. The van der Waals surface area contributed by atoms with Crippen LogP contribution in [0.5, 0.6) is 0 Å². The molecule has 0 saturated heterocycles. The van der Waals surface area contributed by atoms with Crippen molar-refractivity contribution in [2.24, 2.45) is 0 Å². The van der Waals surface area contributed by atoms with Gasteiger partial charge in [0.1, 0.15) is 6.04 Å². The van der Waals surface area contributed by atoms with E-state index in [2.05, 4.69) is 5.32 Å². The van der Waals surface area contributed by atoms with Gasteiger partial charge in [0.25, 0.3) is 6.43 Å². The highest BCUT2D eigenvalue weighted by molar-refractivity contribution is 8.03. The van der Waals surface area contributed by atoms with Gasteiger partial charge in [-0.2, -0.15) is 0 Å². The van der Waals surface area contributed by atoms with Crippen LogP contribution in [0.1, 0.15) is 6.92 Å². The van der Waals surface area contributed by atoms with E-state index in [1.54, 1.807) is 0 Å². The van der Waals surface area contributed by atoms with E-state index < -0.39 is 28.0 Å². The van der Waals surface area contributed by atoms with Crippen molar-refractivity contribution in [3.63, 3.8) is 0 Å². The van der Waals surface area contributed by atoms with Crippen molar-refractivity contribution >= 4 is 46.8 Å². The first-order chi connectivity index (χ1) is 7.16. The van der Waals surface area contributed by atoms with Crippen LogP contribution in [0.2, 0.25) is 0 Å². The summed E-state index contributed by atoms with van der Waals surface area (Å²) in [5.41, 5.74) is 0. The molecular weight excluding hydrogens is 287 g/mol. The third kappa shape index (κ3) is 5.72. The number of carbonyl (C=O) groups excluding carboxylic acids is 1. The summed E-state index contributed by atoms with van der Waals surface area (Å²) in [5.74, 6) is -2.28. The number of rotatable bonds is 6. The molecule has 0 aliphatic heterocycles. The Hall–Kier alpha value is -0.270. The SMILES string of the molecule is CC(=O)N[C@@H](CSC(Cl)(Cl)C(F)F)C(=O)O. The van der Waals surface area contributed by atoms with Crippen LogP contribution in [0.25, 0.3) is 0 Å². The molecule has 0 aromatic rings. The summed E-state index contributed by atoms with van der Waals surface area (Å²) < 4.78 is 22.0. The largest absolute Gasteiger partial charge is 0.480 e. The zero-order valence-electron chi connectivity index (χ0n) is 8.05. The Morgan fingerprint density at radius 2 is 2.00 bits per heavy atom. The van der Waals surface area contributed by atoms with Crippen LogP contribution in [-0.2, 0) is 9.59 Å². The van der Waals surface area contributed by atoms with Crippen molar-refractivity contribution in [1.82, 2.24) is 5.32 Å². The van der Waals surface area contributed by atoms with Gasteiger partial charge in [0.05, 0.1) is 0 Å². The molecule has 0 aromatic carbocycles. The molecule has 1 atom stereocenters. The quantitative estimate of drug-likeness (QED) is 0.732. The van der Waals surface area contributed by atoms with Gasteiger partial charge >= 0.3 is 5.97 Å². The molecule has 0 rings (SSSR count). The van der Waals surface area contributed by atoms with Crippen LogP contribution < -0.4 is 5.32 Å². The van der Waals surface area contributed by atoms with Crippen molar-refractivity contribution in [2.45, 2.75) is 23.1 Å². The molecule has 0 fully saturated rings. The van der Waals surface area contributed by atoms with Crippen molar-refractivity contribution in [2.75, 3.05) is 5.75 Å². The number of thioether (sulfide) groups is 1. The maximum atomic E-state index is 12.2. The van der Waals surface area contributed by atoms with Gasteiger partial charge in [-0.15, -0.1) is 11.8 Å². The molecule has 0 radical (unpaired) electrons. The highest BCUT2D eigenvalue weighted by atomic mass is 35.5. The highest BCUT2D eigenvalue weighted by Gasteiger charge is 2.37. The Kier molecular flexibility index (Phi) is 6.35. The van der Waals surface area contributed by atoms with Crippen molar-refractivity contribution in [3.8, 4) is 0 Å². The lowest BCUT2D eigenvalue weighted by Gasteiger charge is -2.20. The fourth-order valence-electron chi connectivity index (χ4n) is 0.677. The van der Waals surface area contributed by atoms with E-state index in [0.717, 1.165) is 6.92 Å². The molecule has 0 aliphatic rings. The number of carboxylic acid groups (broad SMARTS) is 1. The van der Waals surface area contributed by atoms with E-state index >= 15 is 0 Å². The number of alkyl halides is 4. The fourth-order valence-corrected chi connectivity index (χ4v) is 1.80. The van der Waals surface area contributed by atoms with E-state index in [1.807, 2.05) is 0 Å². The Morgan fingerprint density at radius 1 is 1.50 bits per heavy atom. The topological polar surface area (TPSA) is 66.4 Å². The summed E-state index contributed by atoms with van der Waals surface area (Å²) >= 11 is 10.8. The first-order valence-electron chi connectivity index (χ1n) is 3.96. The smallest absolute Gasteiger partial charge is 0.327 e. The minimum Gasteiger partial charge on any atom is -0.480 e. The van der Waals surface area contributed by atoms with Crippen LogP contribution in [0.3, 0.4) is 0 Å². The molecule has 94 valence electrons. The maximum absolute atomic E-state index is 12.2. The van der Waals surface area contributed by atoms with Crippen LogP contribution >= 0.6 is 35.0 Å². The fraction of sp³-hybridized carbons (Fsp3) is 0.714. The average molecular weight is 296 g/mol. The minimum atomic E-state index is -3.02. The number of nitrogens with one attached hydrogen (secondary N) is 1. The second kappa shape index (κ2) is 6.46. The van der Waals surface area contributed by atoms with Crippen LogP contribution in [0.4, 0.5) is 8.78 Å². The molecule has 2 N–H and O–H groups in total. The summed E-state index contributed by atoms with van der Waals surface area (Å²) in [6.07, 6.45) is -3.02. The molecule has 4 nitrogen and oxygen atoms in total. The lowest BCUT2D eigenvalue weighted by molar-refractivity contribution is -0.140. The molecule has 9 heteroatoms. The van der Waals surface area contributed by atoms with Crippen molar-refractivity contribution in [1.29, 1.82) is 0 Å². The number of carboxylic acids is 1. The van der Waals surface area contributed by atoms with Crippen molar-refractivity contribution < 1.29 is 23.5 Å². The highest BCUT2D eigenvalue weighted by Crippen LogP contribution is 2.40. The molecule has 0 unspecified atom stereocenters. The first kappa shape index (κ1) is 15.7. The molecule has 0 bridgehead atoms. The molecular formula is C7H9Cl2F2NO3S. The number of hydrogen-bond donors (Lipinski definition) is 2. The predicted molar refractivity (Wildman–Crippen MR) is 58.1 cm³/mol. The molecule has 0 saturated carbocycles. The Bertz CT molecular complexity index is 278. The second-order valence-electron chi connectivity index (χ2n) is 2.76. The van der Waals surface area contributed by atoms with E-state index in [1.165, 1.54) is 0 Å². The van der Waals surface area contributed by atoms with Crippen LogP contribution in [0.15, 0.2) is 0 Å². The van der Waals surface area contributed by atoms with Gasteiger partial charge in [-0.25, -0.2) is 13.6 Å². The summed E-state index contributed by atoms with van der Waals surface area (Å²) in [6.45, 7) is 1.11. The zero-order valence-corrected chi connectivity index (χ0v) is 10.4. The predicted octanol–water partition coefficient (Wildman–Crippen LogP) is 1.71. The number of aliphatic carboxylic acids is 1. The second-order valence-corrected chi connectivity index (χ2v) is 5.86. The van der Waals surface area contributed by atoms with Crippen LogP contribution in [-0.4, -0.2) is 38.9 Å². The monoisotopic (exact) mass is 295 g/mol. The van der Waals surface area contributed by atoms with E-state index in [-0.39, 0.29) is 5.75 Å². The minimum absolute atomic E-state index is 0.351. The van der Waals surface area contributed by atoms with Gasteiger partial charge < -0.3 is 10.4 Å². The van der Waals surface area contributed by atoms with Gasteiger partial charge in [0, 0.05) is 12.7 Å². The van der Waals surface area contributed by atoms with E-state index in [9.17, 15) is 18.4 Å². The number of hydrogen-bond acceptors (Lipinski definition) is 3. The normalized spacial score (nSPS) is 13.6. The number of carbonyl (C=O) groups is 2. The Labute approximate surface area is 105 Å². The lowest BCUT2D eigenvalue weighted by atomic mass is 10.3. The molecule has 16 heavy (non-hydrogen) atoms. The van der Waals surface area contributed by atoms with Crippen LogP contribution in [0, 0.1) is 0 Å². The van der Waals surface area contributed by atoms with Gasteiger partial charge in [-0.3, -0.25) is 4.79 Å². The third-order valence-corrected chi connectivity index (χ3v) is 3.42. The summed E-state index contributed by atoms with van der Waals surface area (Å²) in [4.78, 5) is 21.2. The van der Waals surface area contributed by atoms with E-state index in [0.29, 0.717) is 11.8 Å². The summed E-state index contributed by atoms with van der Waals surface area (Å²) in [7, 11) is 0. The molecule has 1 amide bonds. The molecule has 0 spiro atoms. The van der Waals surface area contributed by atoms with Gasteiger partial charge in [0.15, 0.2) is 0 Å².